The van der Waals surface area contributed by atoms with Crippen LogP contribution in [-0.4, -0.2) is 10.5 Å². The highest BCUT2D eigenvalue weighted by Gasteiger charge is 2.17. The quantitative estimate of drug-likeness (QED) is 0.504. The van der Waals surface area contributed by atoms with Gasteiger partial charge in [-0.05, 0) is 54.1 Å². The molecule has 0 aliphatic rings. The monoisotopic (exact) mass is 386 g/mol. The molecule has 130 valence electrons. The first kappa shape index (κ1) is 16.9. The van der Waals surface area contributed by atoms with Crippen molar-refractivity contribution in [1.82, 2.24) is 4.57 Å². The Morgan fingerprint density at radius 1 is 1.04 bits per heavy atom. The molecule has 0 bridgehead atoms. The second-order valence-electron chi connectivity index (χ2n) is 6.05. The number of carbonyl (C=O) groups excluding carboxylic acids is 1. The van der Waals surface area contributed by atoms with E-state index in [0.717, 1.165) is 16.5 Å². The Hall–Kier alpha value is -2.56. The van der Waals surface area contributed by atoms with Crippen LogP contribution < -0.4 is 5.73 Å². The van der Waals surface area contributed by atoms with Gasteiger partial charge in [0.05, 0.1) is 11.0 Å². The third-order valence-corrected chi connectivity index (χ3v) is 5.06. The molecular formula is C20H13Cl2FN2O. The summed E-state index contributed by atoms with van der Waals surface area (Å²) in [6.07, 6.45) is 0. The van der Waals surface area contributed by atoms with Gasteiger partial charge in [0.1, 0.15) is 5.82 Å². The van der Waals surface area contributed by atoms with Crippen molar-refractivity contribution in [3.05, 3.63) is 81.6 Å². The maximum absolute atomic E-state index is 13.9. The molecular weight excluding hydrogens is 374 g/mol. The van der Waals surface area contributed by atoms with Gasteiger partial charge in [-0.15, -0.1) is 0 Å². The lowest BCUT2D eigenvalue weighted by atomic mass is 10.1. The number of benzene rings is 3. The number of halogens is 3. The van der Waals surface area contributed by atoms with Crippen molar-refractivity contribution in [3.8, 4) is 0 Å². The van der Waals surface area contributed by atoms with Crippen LogP contribution >= 0.6 is 23.2 Å². The molecule has 0 saturated carbocycles. The third-order valence-electron chi connectivity index (χ3n) is 4.45. The lowest BCUT2D eigenvalue weighted by Gasteiger charge is -2.10. The maximum atomic E-state index is 13.9. The highest BCUT2D eigenvalue weighted by Crippen LogP contribution is 2.33. The van der Waals surface area contributed by atoms with Crippen LogP contribution in [0.2, 0.25) is 10.0 Å². The normalized spacial score (nSPS) is 11.3. The summed E-state index contributed by atoms with van der Waals surface area (Å²) in [6, 6.07) is 15.0. The predicted octanol–water partition coefficient (Wildman–Crippen LogP) is 5.39. The Labute approximate surface area is 158 Å². The zero-order valence-corrected chi connectivity index (χ0v) is 15.0. The number of nitrogens with two attached hydrogens (primary N) is 1. The van der Waals surface area contributed by atoms with Gasteiger partial charge in [0.2, 0.25) is 5.91 Å². The average molecular weight is 387 g/mol. The minimum Gasteiger partial charge on any atom is -0.366 e. The molecule has 4 rings (SSSR count). The van der Waals surface area contributed by atoms with E-state index in [0.29, 0.717) is 33.1 Å². The summed E-state index contributed by atoms with van der Waals surface area (Å²) in [7, 11) is 0. The summed E-state index contributed by atoms with van der Waals surface area (Å²) >= 11 is 12.4. The first-order valence-electron chi connectivity index (χ1n) is 7.90. The number of primary amides is 1. The lowest BCUT2D eigenvalue weighted by molar-refractivity contribution is 0.100. The molecule has 4 aromatic rings. The number of carbonyl (C=O) groups is 1. The van der Waals surface area contributed by atoms with E-state index in [-0.39, 0.29) is 5.82 Å². The molecule has 2 N–H and O–H groups in total. The summed E-state index contributed by atoms with van der Waals surface area (Å²) in [5, 5.41) is 2.59. The van der Waals surface area contributed by atoms with Gasteiger partial charge in [-0.1, -0.05) is 29.3 Å². The highest BCUT2D eigenvalue weighted by molar-refractivity contribution is 6.33. The standard InChI is InChI=1S/C20H13Cl2FN2O/c21-12-4-7-16(22)11(8-12)10-25-17-3-1-2-15(20(24)26)19(17)14-6-5-13(23)9-18(14)25/h1-9H,10H2,(H2,24,26). The molecule has 0 fully saturated rings. The number of hydrogen-bond donors (Lipinski definition) is 1. The van der Waals surface area contributed by atoms with E-state index in [1.165, 1.54) is 12.1 Å². The van der Waals surface area contributed by atoms with Crippen molar-refractivity contribution < 1.29 is 9.18 Å². The van der Waals surface area contributed by atoms with E-state index >= 15 is 0 Å². The fourth-order valence-corrected chi connectivity index (χ4v) is 3.70. The molecule has 26 heavy (non-hydrogen) atoms. The van der Waals surface area contributed by atoms with Gasteiger partial charge in [-0.25, -0.2) is 4.39 Å². The number of nitrogens with zero attached hydrogens (tertiary/aromatic N) is 1. The fraction of sp³-hybridized carbons (Fsp3) is 0.0500. The van der Waals surface area contributed by atoms with Crippen molar-refractivity contribution in [2.45, 2.75) is 6.54 Å². The first-order valence-corrected chi connectivity index (χ1v) is 8.65. The van der Waals surface area contributed by atoms with Gasteiger partial charge < -0.3 is 10.3 Å². The summed E-state index contributed by atoms with van der Waals surface area (Å²) < 4.78 is 15.8. The van der Waals surface area contributed by atoms with E-state index in [2.05, 4.69) is 0 Å². The number of rotatable bonds is 3. The molecule has 0 aliphatic heterocycles. The van der Waals surface area contributed by atoms with Gasteiger partial charge in [0.25, 0.3) is 0 Å². The van der Waals surface area contributed by atoms with Gasteiger partial charge in [0, 0.05) is 32.9 Å². The van der Waals surface area contributed by atoms with Crippen LogP contribution in [-0.2, 0) is 6.54 Å². The molecule has 0 saturated heterocycles. The topological polar surface area (TPSA) is 48.0 Å². The molecule has 0 radical (unpaired) electrons. The molecule has 0 spiro atoms. The Balaban J connectivity index is 2.06. The SMILES string of the molecule is NC(=O)c1cccc2c1c1ccc(F)cc1n2Cc1cc(Cl)ccc1Cl. The van der Waals surface area contributed by atoms with Gasteiger partial charge in [0.15, 0.2) is 0 Å². The Morgan fingerprint density at radius 3 is 2.62 bits per heavy atom. The van der Waals surface area contributed by atoms with Crippen molar-refractivity contribution >= 4 is 50.9 Å². The number of fused-ring (bicyclic) bond motifs is 3. The zero-order chi connectivity index (χ0) is 18.4. The van der Waals surface area contributed by atoms with Crippen molar-refractivity contribution in [3.63, 3.8) is 0 Å². The molecule has 0 atom stereocenters. The minimum absolute atomic E-state index is 0.362. The molecule has 3 aromatic carbocycles. The van der Waals surface area contributed by atoms with Gasteiger partial charge in [-0.3, -0.25) is 4.79 Å². The van der Waals surface area contributed by atoms with Crippen LogP contribution in [0.15, 0.2) is 54.6 Å². The highest BCUT2D eigenvalue weighted by atomic mass is 35.5. The van der Waals surface area contributed by atoms with Crippen LogP contribution in [0.3, 0.4) is 0 Å². The van der Waals surface area contributed by atoms with Crippen molar-refractivity contribution in [1.29, 1.82) is 0 Å². The van der Waals surface area contributed by atoms with Gasteiger partial charge >= 0.3 is 0 Å². The molecule has 1 aromatic heterocycles. The summed E-state index contributed by atoms with van der Waals surface area (Å²) in [5.74, 6) is -0.890. The number of hydrogen-bond acceptors (Lipinski definition) is 1. The van der Waals surface area contributed by atoms with E-state index in [1.807, 2.05) is 10.6 Å². The predicted molar refractivity (Wildman–Crippen MR) is 103 cm³/mol. The molecule has 1 heterocycles. The van der Waals surface area contributed by atoms with Gasteiger partial charge in [-0.2, -0.15) is 0 Å². The third kappa shape index (κ3) is 2.71. The minimum atomic E-state index is -0.528. The molecule has 6 heteroatoms. The largest absolute Gasteiger partial charge is 0.366 e. The number of amides is 1. The van der Waals surface area contributed by atoms with E-state index in [9.17, 15) is 9.18 Å². The van der Waals surface area contributed by atoms with E-state index < -0.39 is 5.91 Å². The Kier molecular flexibility index (Phi) is 4.10. The second-order valence-corrected chi connectivity index (χ2v) is 6.89. The van der Waals surface area contributed by atoms with Crippen LogP contribution in [0.1, 0.15) is 15.9 Å². The van der Waals surface area contributed by atoms with Crippen molar-refractivity contribution in [2.75, 3.05) is 0 Å². The maximum Gasteiger partial charge on any atom is 0.249 e. The summed E-state index contributed by atoms with van der Waals surface area (Å²) in [5.41, 5.74) is 8.17. The molecule has 1 amide bonds. The Bertz CT molecular complexity index is 1180. The fourth-order valence-electron chi connectivity index (χ4n) is 3.33. The van der Waals surface area contributed by atoms with E-state index in [1.54, 1.807) is 36.4 Å². The smallest absolute Gasteiger partial charge is 0.249 e. The molecule has 0 aliphatic carbocycles. The average Bonchev–Trinajstić information content (AvgIpc) is 2.91. The van der Waals surface area contributed by atoms with Crippen LogP contribution in [0.5, 0.6) is 0 Å². The number of aromatic nitrogens is 1. The Morgan fingerprint density at radius 2 is 1.85 bits per heavy atom. The van der Waals surface area contributed by atoms with Crippen LogP contribution in [0.4, 0.5) is 4.39 Å². The molecule has 3 nitrogen and oxygen atoms in total. The zero-order valence-electron chi connectivity index (χ0n) is 13.5. The summed E-state index contributed by atoms with van der Waals surface area (Å²) in [4.78, 5) is 11.9. The first-order chi connectivity index (χ1) is 12.5. The molecule has 0 unspecified atom stereocenters. The lowest BCUT2D eigenvalue weighted by Crippen LogP contribution is -2.11. The van der Waals surface area contributed by atoms with Crippen molar-refractivity contribution in [2.24, 2.45) is 5.73 Å². The summed E-state index contributed by atoms with van der Waals surface area (Å²) in [6.45, 7) is 0.380. The second kappa shape index (κ2) is 6.31. The van der Waals surface area contributed by atoms with Crippen LogP contribution in [0, 0.1) is 5.82 Å². The van der Waals surface area contributed by atoms with E-state index in [4.69, 9.17) is 28.9 Å². The van der Waals surface area contributed by atoms with Crippen LogP contribution in [0.25, 0.3) is 21.8 Å².